The molecule has 1 aliphatic rings. The Morgan fingerprint density at radius 3 is 3.06 bits per heavy atom. The van der Waals surface area contributed by atoms with E-state index in [4.69, 9.17) is 0 Å². The van der Waals surface area contributed by atoms with Crippen molar-refractivity contribution in [2.45, 2.75) is 45.2 Å². The standard InChI is InChI=1S/C14H22N2OS/c1-11-7-9-18-13(11)10-16(2)14(17)6-5-12-4-3-8-15-12/h7,9,12,15H,3-6,8,10H2,1-2H3. The van der Waals surface area contributed by atoms with Gasteiger partial charge in [0, 0.05) is 24.4 Å². The lowest BCUT2D eigenvalue weighted by molar-refractivity contribution is -0.130. The van der Waals surface area contributed by atoms with Gasteiger partial charge in [-0.1, -0.05) is 0 Å². The van der Waals surface area contributed by atoms with Gasteiger partial charge in [-0.15, -0.1) is 11.3 Å². The van der Waals surface area contributed by atoms with E-state index in [9.17, 15) is 4.79 Å². The molecule has 0 radical (unpaired) electrons. The number of thiophene rings is 1. The molecule has 1 aromatic heterocycles. The lowest BCUT2D eigenvalue weighted by Gasteiger charge is -2.18. The summed E-state index contributed by atoms with van der Waals surface area (Å²) in [5.74, 6) is 0.261. The molecule has 100 valence electrons. The fourth-order valence-corrected chi connectivity index (χ4v) is 3.32. The van der Waals surface area contributed by atoms with Crippen LogP contribution in [0.25, 0.3) is 0 Å². The Bertz CT molecular complexity index is 396. The van der Waals surface area contributed by atoms with Crippen LogP contribution in [0.2, 0.25) is 0 Å². The van der Waals surface area contributed by atoms with Crippen molar-refractivity contribution in [2.75, 3.05) is 13.6 Å². The van der Waals surface area contributed by atoms with Crippen LogP contribution in [0.4, 0.5) is 0 Å². The molecule has 1 unspecified atom stereocenters. The van der Waals surface area contributed by atoms with E-state index in [1.807, 2.05) is 11.9 Å². The van der Waals surface area contributed by atoms with Gasteiger partial charge in [0.2, 0.25) is 5.91 Å². The maximum Gasteiger partial charge on any atom is 0.222 e. The molecule has 1 aliphatic heterocycles. The van der Waals surface area contributed by atoms with Gasteiger partial charge in [0.05, 0.1) is 6.54 Å². The van der Waals surface area contributed by atoms with Crippen LogP contribution in [0.5, 0.6) is 0 Å². The van der Waals surface area contributed by atoms with E-state index in [1.54, 1.807) is 11.3 Å². The third-order valence-electron chi connectivity index (χ3n) is 3.64. The molecule has 2 rings (SSSR count). The molecule has 1 saturated heterocycles. The number of aryl methyl sites for hydroxylation is 1. The van der Waals surface area contributed by atoms with Crippen molar-refractivity contribution in [1.82, 2.24) is 10.2 Å². The third kappa shape index (κ3) is 3.56. The number of rotatable bonds is 5. The Balaban J connectivity index is 1.76. The Morgan fingerprint density at radius 2 is 2.44 bits per heavy atom. The number of hydrogen-bond acceptors (Lipinski definition) is 3. The Hall–Kier alpha value is -0.870. The summed E-state index contributed by atoms with van der Waals surface area (Å²) in [6.45, 7) is 3.97. The molecule has 1 atom stereocenters. The zero-order valence-electron chi connectivity index (χ0n) is 11.2. The first-order chi connectivity index (χ1) is 8.66. The minimum Gasteiger partial charge on any atom is -0.341 e. The lowest BCUT2D eigenvalue weighted by Crippen LogP contribution is -2.29. The Labute approximate surface area is 113 Å². The highest BCUT2D eigenvalue weighted by atomic mass is 32.1. The summed E-state index contributed by atoms with van der Waals surface area (Å²) in [5, 5.41) is 5.53. The molecule has 0 bridgehead atoms. The predicted octanol–water partition coefficient (Wildman–Crippen LogP) is 2.55. The van der Waals surface area contributed by atoms with Crippen LogP contribution in [0.15, 0.2) is 11.4 Å². The molecule has 18 heavy (non-hydrogen) atoms. The van der Waals surface area contributed by atoms with Gasteiger partial charge in [-0.05, 0) is 49.7 Å². The first-order valence-corrected chi connectivity index (χ1v) is 7.55. The van der Waals surface area contributed by atoms with Gasteiger partial charge in [-0.2, -0.15) is 0 Å². The van der Waals surface area contributed by atoms with Crippen LogP contribution in [0.3, 0.4) is 0 Å². The molecule has 0 aliphatic carbocycles. The van der Waals surface area contributed by atoms with Crippen molar-refractivity contribution < 1.29 is 4.79 Å². The molecule has 0 spiro atoms. The summed E-state index contributed by atoms with van der Waals surface area (Å²) < 4.78 is 0. The van der Waals surface area contributed by atoms with E-state index < -0.39 is 0 Å². The van der Waals surface area contributed by atoms with Crippen LogP contribution >= 0.6 is 11.3 Å². The lowest BCUT2D eigenvalue weighted by atomic mass is 10.1. The van der Waals surface area contributed by atoms with Crippen LogP contribution in [-0.2, 0) is 11.3 Å². The molecule has 4 heteroatoms. The second-order valence-electron chi connectivity index (χ2n) is 5.11. The number of carbonyl (C=O) groups excluding carboxylic acids is 1. The molecule has 3 nitrogen and oxygen atoms in total. The SMILES string of the molecule is Cc1ccsc1CN(C)C(=O)CCC1CCCN1. The van der Waals surface area contributed by atoms with Crippen LogP contribution in [-0.4, -0.2) is 30.4 Å². The molecule has 1 fully saturated rings. The normalized spacial score (nSPS) is 19.1. The number of amides is 1. The quantitative estimate of drug-likeness (QED) is 0.888. The van der Waals surface area contributed by atoms with Gasteiger partial charge < -0.3 is 10.2 Å². The fourth-order valence-electron chi connectivity index (χ4n) is 2.36. The molecular weight excluding hydrogens is 244 g/mol. The van der Waals surface area contributed by atoms with E-state index in [0.717, 1.165) is 19.5 Å². The van der Waals surface area contributed by atoms with Gasteiger partial charge in [0.15, 0.2) is 0 Å². The average molecular weight is 266 g/mol. The molecular formula is C14H22N2OS. The van der Waals surface area contributed by atoms with Crippen LogP contribution < -0.4 is 5.32 Å². The monoisotopic (exact) mass is 266 g/mol. The zero-order valence-corrected chi connectivity index (χ0v) is 12.1. The number of hydrogen-bond donors (Lipinski definition) is 1. The molecule has 2 heterocycles. The second kappa shape index (κ2) is 6.34. The highest BCUT2D eigenvalue weighted by Gasteiger charge is 2.17. The number of nitrogens with one attached hydrogen (secondary N) is 1. The van der Waals surface area contributed by atoms with Crippen molar-refractivity contribution in [3.8, 4) is 0 Å². The fraction of sp³-hybridized carbons (Fsp3) is 0.643. The molecule has 0 aromatic carbocycles. The highest BCUT2D eigenvalue weighted by molar-refractivity contribution is 7.10. The number of carbonyl (C=O) groups is 1. The van der Waals surface area contributed by atoms with E-state index in [2.05, 4.69) is 23.7 Å². The van der Waals surface area contributed by atoms with Gasteiger partial charge in [-0.25, -0.2) is 0 Å². The van der Waals surface area contributed by atoms with Gasteiger partial charge in [0.1, 0.15) is 0 Å². The Morgan fingerprint density at radius 1 is 1.61 bits per heavy atom. The van der Waals surface area contributed by atoms with Crippen LogP contribution in [0, 0.1) is 6.92 Å². The first kappa shape index (κ1) is 13.6. The summed E-state index contributed by atoms with van der Waals surface area (Å²) >= 11 is 1.73. The molecule has 0 saturated carbocycles. The van der Waals surface area contributed by atoms with Crippen molar-refractivity contribution in [3.63, 3.8) is 0 Å². The Kier molecular flexibility index (Phi) is 4.78. The minimum atomic E-state index is 0.261. The van der Waals surface area contributed by atoms with Gasteiger partial charge in [0.25, 0.3) is 0 Å². The number of nitrogens with zero attached hydrogens (tertiary/aromatic N) is 1. The third-order valence-corrected chi connectivity index (χ3v) is 4.65. The van der Waals surface area contributed by atoms with Crippen molar-refractivity contribution in [2.24, 2.45) is 0 Å². The summed E-state index contributed by atoms with van der Waals surface area (Å²) in [4.78, 5) is 15.2. The molecule has 1 aromatic rings. The average Bonchev–Trinajstić information content (AvgIpc) is 2.99. The minimum absolute atomic E-state index is 0.261. The smallest absolute Gasteiger partial charge is 0.222 e. The summed E-state index contributed by atoms with van der Waals surface area (Å²) in [7, 11) is 1.91. The zero-order chi connectivity index (χ0) is 13.0. The van der Waals surface area contributed by atoms with Gasteiger partial charge >= 0.3 is 0 Å². The van der Waals surface area contributed by atoms with Crippen molar-refractivity contribution in [1.29, 1.82) is 0 Å². The predicted molar refractivity (Wildman–Crippen MR) is 75.8 cm³/mol. The molecule has 1 amide bonds. The van der Waals surface area contributed by atoms with E-state index >= 15 is 0 Å². The van der Waals surface area contributed by atoms with Crippen molar-refractivity contribution >= 4 is 17.2 Å². The largest absolute Gasteiger partial charge is 0.341 e. The highest BCUT2D eigenvalue weighted by Crippen LogP contribution is 2.18. The summed E-state index contributed by atoms with van der Waals surface area (Å²) in [6, 6.07) is 2.67. The van der Waals surface area contributed by atoms with Crippen LogP contribution in [0.1, 0.15) is 36.1 Å². The maximum absolute atomic E-state index is 12.0. The molecule has 1 N–H and O–H groups in total. The summed E-state index contributed by atoms with van der Waals surface area (Å²) in [5.41, 5.74) is 1.29. The maximum atomic E-state index is 12.0. The second-order valence-corrected chi connectivity index (χ2v) is 6.11. The first-order valence-electron chi connectivity index (χ1n) is 6.67. The van der Waals surface area contributed by atoms with E-state index in [-0.39, 0.29) is 5.91 Å². The topological polar surface area (TPSA) is 32.3 Å². The van der Waals surface area contributed by atoms with Gasteiger partial charge in [-0.3, -0.25) is 4.79 Å². The summed E-state index contributed by atoms with van der Waals surface area (Å²) in [6.07, 6.45) is 4.12. The van der Waals surface area contributed by atoms with E-state index in [0.29, 0.717) is 12.5 Å². The van der Waals surface area contributed by atoms with Crippen molar-refractivity contribution in [3.05, 3.63) is 21.9 Å². The van der Waals surface area contributed by atoms with E-state index in [1.165, 1.54) is 23.3 Å².